The Morgan fingerprint density at radius 2 is 2.00 bits per heavy atom. The van der Waals surface area contributed by atoms with E-state index in [0.29, 0.717) is 17.7 Å². The van der Waals surface area contributed by atoms with Gasteiger partial charge in [0.05, 0.1) is 5.56 Å². The number of Topliss-reactive ketones (excluding diaryl/α,β-unsaturated/α-hetero) is 1. The van der Waals surface area contributed by atoms with Gasteiger partial charge in [-0.2, -0.15) is 13.2 Å². The quantitative estimate of drug-likeness (QED) is 0.847. The molecule has 0 saturated carbocycles. The third kappa shape index (κ3) is 3.96. The van der Waals surface area contributed by atoms with Crippen molar-refractivity contribution in [2.24, 2.45) is 0 Å². The molecule has 0 unspecified atom stereocenters. The summed E-state index contributed by atoms with van der Waals surface area (Å²) in [6, 6.07) is 2.54. The van der Waals surface area contributed by atoms with Crippen LogP contribution in [0.2, 0.25) is 0 Å². The van der Waals surface area contributed by atoms with Gasteiger partial charge in [-0.05, 0) is 38.0 Å². The predicted molar refractivity (Wildman–Crippen MR) is 70.4 cm³/mol. The minimum atomic E-state index is -4.51. The number of benzene rings is 1. The first-order chi connectivity index (χ1) is 9.16. The normalized spacial score (nSPS) is 13.3. The largest absolute Gasteiger partial charge is 0.418 e. The molecule has 0 fully saturated rings. The number of hydrogen-bond donors (Lipinski definition) is 1. The number of nitrogen functional groups attached to an aromatic ring is 1. The van der Waals surface area contributed by atoms with Crippen LogP contribution in [0.5, 0.6) is 0 Å². The van der Waals surface area contributed by atoms with Crippen LogP contribution < -0.4 is 5.73 Å². The van der Waals surface area contributed by atoms with E-state index in [2.05, 4.69) is 0 Å². The van der Waals surface area contributed by atoms with Crippen molar-refractivity contribution in [1.29, 1.82) is 0 Å². The van der Waals surface area contributed by atoms with Crippen molar-refractivity contribution in [3.63, 3.8) is 0 Å². The van der Waals surface area contributed by atoms with Crippen LogP contribution in [0.15, 0.2) is 12.1 Å². The molecule has 20 heavy (non-hydrogen) atoms. The Balaban J connectivity index is 3.14. The van der Waals surface area contributed by atoms with Crippen molar-refractivity contribution >= 4 is 11.5 Å². The van der Waals surface area contributed by atoms with Gasteiger partial charge in [-0.1, -0.05) is 6.07 Å². The zero-order chi connectivity index (χ0) is 15.5. The highest BCUT2D eigenvalue weighted by Gasteiger charge is 2.34. The van der Waals surface area contributed by atoms with Crippen LogP contribution in [0, 0.1) is 6.92 Å². The average Bonchev–Trinajstić information content (AvgIpc) is 2.31. The van der Waals surface area contributed by atoms with Crippen molar-refractivity contribution in [2.45, 2.75) is 39.5 Å². The number of carbonyl (C=O) groups is 1. The molecular weight excluding hydrogens is 271 g/mol. The molecule has 0 aromatic heterocycles. The maximum atomic E-state index is 12.9. The van der Waals surface area contributed by atoms with Crippen molar-refractivity contribution in [3.8, 4) is 0 Å². The maximum Gasteiger partial charge on any atom is 0.418 e. The summed E-state index contributed by atoms with van der Waals surface area (Å²) < 4.78 is 43.9. The van der Waals surface area contributed by atoms with Gasteiger partial charge in [0.1, 0.15) is 6.10 Å². The lowest BCUT2D eigenvalue weighted by molar-refractivity contribution is -0.137. The molecule has 2 N–H and O–H groups in total. The standard InChI is InChI=1S/C14H18F3NO2/c1-4-20-12(9(3)19)7-10-5-8(2)13(18)11(6-10)14(15,16)17/h5-6,12H,4,7,18H2,1-3H3/t12-/m1/s1. The molecule has 0 aliphatic carbocycles. The average molecular weight is 289 g/mol. The highest BCUT2D eigenvalue weighted by Crippen LogP contribution is 2.36. The van der Waals surface area contributed by atoms with Crippen molar-refractivity contribution < 1.29 is 22.7 Å². The minimum Gasteiger partial charge on any atom is -0.398 e. The van der Waals surface area contributed by atoms with Gasteiger partial charge in [0.25, 0.3) is 0 Å². The van der Waals surface area contributed by atoms with Crippen LogP contribution in [0.3, 0.4) is 0 Å². The Labute approximate surface area is 115 Å². The summed E-state index contributed by atoms with van der Waals surface area (Å²) in [5, 5.41) is 0. The molecule has 1 aromatic rings. The van der Waals surface area contributed by atoms with Gasteiger partial charge < -0.3 is 10.5 Å². The number of nitrogens with two attached hydrogens (primary N) is 1. The number of rotatable bonds is 5. The second kappa shape index (κ2) is 6.26. The number of anilines is 1. The van der Waals surface area contributed by atoms with E-state index in [1.807, 2.05) is 0 Å². The zero-order valence-electron chi connectivity index (χ0n) is 11.7. The van der Waals surface area contributed by atoms with Crippen LogP contribution >= 0.6 is 0 Å². The first-order valence-corrected chi connectivity index (χ1v) is 6.25. The first kappa shape index (κ1) is 16.5. The van der Waals surface area contributed by atoms with Crippen LogP contribution in [-0.4, -0.2) is 18.5 Å². The number of carbonyl (C=O) groups excluding carboxylic acids is 1. The van der Waals surface area contributed by atoms with Gasteiger partial charge in [-0.3, -0.25) is 4.79 Å². The zero-order valence-corrected chi connectivity index (χ0v) is 11.7. The van der Waals surface area contributed by atoms with E-state index in [4.69, 9.17) is 10.5 Å². The fourth-order valence-electron chi connectivity index (χ4n) is 1.96. The number of alkyl halides is 3. The lowest BCUT2D eigenvalue weighted by Crippen LogP contribution is -2.25. The molecular formula is C14H18F3NO2. The van der Waals surface area contributed by atoms with Gasteiger partial charge in [-0.25, -0.2) is 0 Å². The highest BCUT2D eigenvalue weighted by molar-refractivity contribution is 5.80. The smallest absolute Gasteiger partial charge is 0.398 e. The topological polar surface area (TPSA) is 52.3 Å². The minimum absolute atomic E-state index is 0.105. The molecule has 0 heterocycles. The molecule has 112 valence electrons. The lowest BCUT2D eigenvalue weighted by Gasteiger charge is -2.17. The number of ether oxygens (including phenoxy) is 1. The summed E-state index contributed by atoms with van der Waals surface area (Å²) in [4.78, 5) is 11.4. The Bertz CT molecular complexity index is 498. The summed E-state index contributed by atoms with van der Waals surface area (Å²) in [6.07, 6.45) is -5.14. The second-order valence-corrected chi connectivity index (χ2v) is 4.63. The fourth-order valence-corrected chi connectivity index (χ4v) is 1.96. The Kier molecular flexibility index (Phi) is 5.16. The van der Waals surface area contributed by atoms with E-state index in [-0.39, 0.29) is 17.9 Å². The molecule has 0 bridgehead atoms. The molecule has 0 saturated heterocycles. The monoisotopic (exact) mass is 289 g/mol. The van der Waals surface area contributed by atoms with E-state index in [0.717, 1.165) is 6.07 Å². The first-order valence-electron chi connectivity index (χ1n) is 6.25. The van der Waals surface area contributed by atoms with Crippen LogP contribution in [0.4, 0.5) is 18.9 Å². The molecule has 0 spiro atoms. The fraction of sp³-hybridized carbons (Fsp3) is 0.500. The summed E-state index contributed by atoms with van der Waals surface area (Å²) in [5.74, 6) is -0.213. The summed E-state index contributed by atoms with van der Waals surface area (Å²) in [5.41, 5.74) is 5.05. The van der Waals surface area contributed by atoms with Crippen LogP contribution in [0.25, 0.3) is 0 Å². The molecule has 1 rings (SSSR count). The molecule has 0 aliphatic heterocycles. The van der Waals surface area contributed by atoms with Gasteiger partial charge in [-0.15, -0.1) is 0 Å². The molecule has 6 heteroatoms. The molecule has 3 nitrogen and oxygen atoms in total. The molecule has 1 aromatic carbocycles. The Morgan fingerprint density at radius 3 is 2.45 bits per heavy atom. The van der Waals surface area contributed by atoms with E-state index >= 15 is 0 Å². The van der Waals surface area contributed by atoms with Crippen molar-refractivity contribution in [1.82, 2.24) is 0 Å². The number of aryl methyl sites for hydroxylation is 1. The maximum absolute atomic E-state index is 12.9. The second-order valence-electron chi connectivity index (χ2n) is 4.63. The van der Waals surface area contributed by atoms with Gasteiger partial charge in [0.15, 0.2) is 5.78 Å². The number of ketones is 1. The number of hydrogen-bond acceptors (Lipinski definition) is 3. The molecule has 0 amide bonds. The Hall–Kier alpha value is -1.56. The number of halogens is 3. The summed E-state index contributed by atoms with van der Waals surface area (Å²) in [6.45, 7) is 4.92. The van der Waals surface area contributed by atoms with E-state index in [1.165, 1.54) is 13.8 Å². The van der Waals surface area contributed by atoms with E-state index in [1.54, 1.807) is 13.0 Å². The van der Waals surface area contributed by atoms with Gasteiger partial charge >= 0.3 is 6.18 Å². The van der Waals surface area contributed by atoms with Crippen molar-refractivity contribution in [3.05, 3.63) is 28.8 Å². The summed E-state index contributed by atoms with van der Waals surface area (Å²) in [7, 11) is 0. The third-order valence-corrected chi connectivity index (χ3v) is 2.99. The molecule has 0 aliphatic rings. The molecule has 0 radical (unpaired) electrons. The summed E-state index contributed by atoms with van der Waals surface area (Å²) >= 11 is 0. The Morgan fingerprint density at radius 1 is 1.40 bits per heavy atom. The van der Waals surface area contributed by atoms with E-state index in [9.17, 15) is 18.0 Å². The lowest BCUT2D eigenvalue weighted by atomic mass is 9.98. The van der Waals surface area contributed by atoms with Crippen LogP contribution in [-0.2, 0) is 22.1 Å². The molecule has 1 atom stereocenters. The third-order valence-electron chi connectivity index (χ3n) is 2.99. The van der Waals surface area contributed by atoms with E-state index < -0.39 is 17.8 Å². The predicted octanol–water partition coefficient (Wildman–Crippen LogP) is 3.13. The highest BCUT2D eigenvalue weighted by atomic mass is 19.4. The van der Waals surface area contributed by atoms with Gasteiger partial charge in [0.2, 0.25) is 0 Å². The van der Waals surface area contributed by atoms with Gasteiger partial charge in [0, 0.05) is 18.7 Å². The SMILES string of the molecule is CCO[C@H](Cc1cc(C)c(N)c(C(F)(F)F)c1)C(C)=O. The van der Waals surface area contributed by atoms with Crippen LogP contribution in [0.1, 0.15) is 30.5 Å². The van der Waals surface area contributed by atoms with Crippen molar-refractivity contribution in [2.75, 3.05) is 12.3 Å².